The zero-order valence-corrected chi connectivity index (χ0v) is 6.97. The first kappa shape index (κ1) is 10.1. The molecule has 0 amide bonds. The predicted molar refractivity (Wildman–Crippen MR) is 37.6 cm³/mol. The van der Waals surface area contributed by atoms with Crippen molar-refractivity contribution in [2.24, 2.45) is 0 Å². The lowest BCUT2D eigenvalue weighted by Crippen LogP contribution is -2.16. The van der Waals surface area contributed by atoms with Crippen molar-refractivity contribution < 1.29 is 22.7 Å². The molecule has 0 aromatic rings. The molecule has 0 N–H and O–H groups in total. The van der Waals surface area contributed by atoms with Crippen LogP contribution in [-0.4, -0.2) is 33.2 Å². The number of hydrogen-bond acceptors (Lipinski definition) is 5. The van der Waals surface area contributed by atoms with Gasteiger partial charge in [0, 0.05) is 7.11 Å². The van der Waals surface area contributed by atoms with Crippen LogP contribution in [0.2, 0.25) is 0 Å². The quantitative estimate of drug-likeness (QED) is 0.323. The van der Waals surface area contributed by atoms with Gasteiger partial charge in [0.05, 0.1) is 0 Å². The largest absolute Gasteiger partial charge is 0.434 e. The first-order valence-corrected chi connectivity index (χ1v) is 3.76. The van der Waals surface area contributed by atoms with E-state index in [0.717, 1.165) is 6.92 Å². The summed E-state index contributed by atoms with van der Waals surface area (Å²) >= 11 is 0. The molecule has 0 atom stereocenters. The maximum Gasteiger partial charge on any atom is 0.351 e. The van der Waals surface area contributed by atoms with Gasteiger partial charge in [-0.2, -0.15) is 8.42 Å². The lowest BCUT2D eigenvalue weighted by molar-refractivity contribution is -0.145. The fraction of sp³-hybridized carbons (Fsp3) is 0.600. The summed E-state index contributed by atoms with van der Waals surface area (Å²) < 4.78 is 29.0. The molecular formula is C5H8O5S. The minimum atomic E-state index is -2.51. The van der Waals surface area contributed by atoms with Crippen LogP contribution in [0, 0.1) is 0 Å². The summed E-state index contributed by atoms with van der Waals surface area (Å²) in [7, 11) is -1.18. The number of carbonyl (C=O) groups is 1. The van der Waals surface area contributed by atoms with E-state index in [0.29, 0.717) is 0 Å². The molecule has 0 aliphatic heterocycles. The highest BCUT2D eigenvalue weighted by Gasteiger charge is 2.07. The Hall–Kier alpha value is -0.880. The molecule has 64 valence electrons. The van der Waals surface area contributed by atoms with E-state index in [1.165, 1.54) is 7.11 Å². The molecule has 0 spiro atoms. The summed E-state index contributed by atoms with van der Waals surface area (Å²) in [6.45, 7) is 0.911. The van der Waals surface area contributed by atoms with Gasteiger partial charge in [0.1, 0.15) is 0 Å². The number of hydrogen-bond donors (Lipinski definition) is 0. The minimum Gasteiger partial charge on any atom is -0.434 e. The highest BCUT2D eigenvalue weighted by molar-refractivity contribution is 7.74. The van der Waals surface area contributed by atoms with Crippen LogP contribution in [0.25, 0.3) is 0 Å². The molecular weight excluding hydrogens is 172 g/mol. The van der Waals surface area contributed by atoms with Crippen LogP contribution in [-0.2, 0) is 24.6 Å². The first-order chi connectivity index (χ1) is 5.09. The standard InChI is InChI=1S/C5H8O5S/c1-4(11(7)8)5(6)10-3-9-2/h3H2,1-2H3. The first-order valence-electron chi connectivity index (χ1n) is 2.68. The maximum atomic E-state index is 10.6. The summed E-state index contributed by atoms with van der Waals surface area (Å²) in [5.74, 6) is -0.889. The number of ether oxygens (including phenoxy) is 2. The van der Waals surface area contributed by atoms with Gasteiger partial charge in [-0.25, -0.2) is 4.79 Å². The van der Waals surface area contributed by atoms with E-state index in [1.807, 2.05) is 0 Å². The average molecular weight is 180 g/mol. The van der Waals surface area contributed by atoms with Crippen LogP contribution in [0.15, 0.2) is 0 Å². The van der Waals surface area contributed by atoms with E-state index in [1.54, 1.807) is 0 Å². The third-order valence-electron chi connectivity index (χ3n) is 0.845. The van der Waals surface area contributed by atoms with Crippen LogP contribution < -0.4 is 0 Å². The summed E-state index contributed by atoms with van der Waals surface area (Å²) in [4.78, 5) is 10.3. The average Bonchev–Trinajstić information content (AvgIpc) is 1.98. The molecule has 0 fully saturated rings. The van der Waals surface area contributed by atoms with Gasteiger partial charge < -0.3 is 9.47 Å². The monoisotopic (exact) mass is 180 g/mol. The minimum absolute atomic E-state index is 0.243. The van der Waals surface area contributed by atoms with E-state index in [9.17, 15) is 13.2 Å². The van der Waals surface area contributed by atoms with Crippen LogP contribution in [0.3, 0.4) is 0 Å². The summed E-state index contributed by atoms with van der Waals surface area (Å²) in [6, 6.07) is 0. The molecule has 0 saturated carbocycles. The van der Waals surface area contributed by atoms with Gasteiger partial charge in [0.25, 0.3) is 0 Å². The molecule has 0 saturated heterocycles. The Balaban J connectivity index is 4.18. The van der Waals surface area contributed by atoms with Crippen molar-refractivity contribution in [3.05, 3.63) is 0 Å². The van der Waals surface area contributed by atoms with E-state index < -0.39 is 16.3 Å². The van der Waals surface area contributed by atoms with Crippen LogP contribution >= 0.6 is 0 Å². The molecule has 6 heteroatoms. The fourth-order valence-electron chi connectivity index (χ4n) is 0.282. The summed E-state index contributed by atoms with van der Waals surface area (Å²) in [5.41, 5.74) is 0. The molecule has 0 bridgehead atoms. The molecule has 0 aliphatic rings. The lowest BCUT2D eigenvalue weighted by atomic mass is 10.5. The molecule has 0 unspecified atom stereocenters. The second-order valence-corrected chi connectivity index (χ2v) is 2.71. The second kappa shape index (κ2) is 4.86. The van der Waals surface area contributed by atoms with Crippen LogP contribution in [0.1, 0.15) is 6.92 Å². The Kier molecular flexibility index (Phi) is 4.47. The van der Waals surface area contributed by atoms with Crippen molar-refractivity contribution in [1.29, 1.82) is 0 Å². The molecule has 0 aromatic carbocycles. The number of rotatable bonds is 3. The Morgan fingerprint density at radius 1 is 1.45 bits per heavy atom. The van der Waals surface area contributed by atoms with Gasteiger partial charge in [-0.15, -0.1) is 0 Å². The van der Waals surface area contributed by atoms with E-state index in [4.69, 9.17) is 0 Å². The zero-order valence-electron chi connectivity index (χ0n) is 6.16. The van der Waals surface area contributed by atoms with Crippen molar-refractivity contribution in [3.63, 3.8) is 0 Å². The molecule has 0 rings (SSSR count). The van der Waals surface area contributed by atoms with Gasteiger partial charge in [0.2, 0.25) is 10.3 Å². The fourth-order valence-corrected chi connectivity index (χ4v) is 0.477. The number of methoxy groups -OCH3 is 1. The van der Waals surface area contributed by atoms with Crippen molar-refractivity contribution in [2.45, 2.75) is 6.92 Å². The summed E-state index contributed by atoms with van der Waals surface area (Å²) in [6.07, 6.45) is 0. The smallest absolute Gasteiger partial charge is 0.351 e. The molecule has 0 radical (unpaired) electrons. The van der Waals surface area contributed by atoms with Crippen LogP contribution in [0.5, 0.6) is 0 Å². The van der Waals surface area contributed by atoms with Gasteiger partial charge in [-0.05, 0) is 6.92 Å². The number of carbonyl (C=O) groups excluding carboxylic acids is 1. The van der Waals surface area contributed by atoms with Crippen molar-refractivity contribution in [3.8, 4) is 0 Å². The Labute approximate surface area is 65.4 Å². The van der Waals surface area contributed by atoms with Crippen molar-refractivity contribution in [2.75, 3.05) is 13.9 Å². The second-order valence-electron chi connectivity index (χ2n) is 1.63. The zero-order chi connectivity index (χ0) is 8.85. The number of esters is 1. The summed E-state index contributed by atoms with van der Waals surface area (Å²) in [5, 5.41) is 0. The topological polar surface area (TPSA) is 69.7 Å². The van der Waals surface area contributed by atoms with Crippen molar-refractivity contribution in [1.82, 2.24) is 0 Å². The Morgan fingerprint density at radius 3 is 2.36 bits per heavy atom. The van der Waals surface area contributed by atoms with Crippen LogP contribution in [0.4, 0.5) is 0 Å². The van der Waals surface area contributed by atoms with E-state index in [2.05, 4.69) is 9.47 Å². The van der Waals surface area contributed by atoms with Gasteiger partial charge >= 0.3 is 5.97 Å². The van der Waals surface area contributed by atoms with Gasteiger partial charge in [-0.3, -0.25) is 0 Å². The lowest BCUT2D eigenvalue weighted by Gasteiger charge is -1.98. The third-order valence-corrected chi connectivity index (χ3v) is 1.51. The third kappa shape index (κ3) is 3.74. The maximum absolute atomic E-state index is 10.6. The Bertz CT molecular complexity index is 255. The van der Waals surface area contributed by atoms with E-state index in [-0.39, 0.29) is 11.7 Å². The molecule has 0 heterocycles. The van der Waals surface area contributed by atoms with Crippen molar-refractivity contribution >= 4 is 21.1 Å². The molecule has 11 heavy (non-hydrogen) atoms. The van der Waals surface area contributed by atoms with Gasteiger partial charge in [0.15, 0.2) is 11.7 Å². The highest BCUT2D eigenvalue weighted by Crippen LogP contribution is 1.81. The predicted octanol–water partition coefficient (Wildman–Crippen LogP) is -0.795. The molecule has 0 aliphatic carbocycles. The SMILES string of the molecule is COCOC(=O)C(C)=S(=O)=O. The Morgan fingerprint density at radius 2 is 2.00 bits per heavy atom. The normalized spacial score (nSPS) is 8.91. The highest BCUT2D eigenvalue weighted by atomic mass is 32.2. The van der Waals surface area contributed by atoms with E-state index >= 15 is 0 Å². The van der Waals surface area contributed by atoms with Gasteiger partial charge in [-0.1, -0.05) is 0 Å². The molecule has 0 aromatic heterocycles. The molecule has 5 nitrogen and oxygen atoms in total.